The molecule has 21 heavy (non-hydrogen) atoms. The molecule has 1 aliphatic rings. The Balaban J connectivity index is 1.92. The van der Waals surface area contributed by atoms with Gasteiger partial charge in [-0.3, -0.25) is 9.69 Å². The van der Waals surface area contributed by atoms with Gasteiger partial charge in [-0.2, -0.15) is 0 Å². The number of thiocarbonyl (C=S) groups is 1. The highest BCUT2D eigenvalue weighted by molar-refractivity contribution is 7.80. The van der Waals surface area contributed by atoms with E-state index in [4.69, 9.17) is 12.2 Å². The van der Waals surface area contributed by atoms with Gasteiger partial charge >= 0.3 is 0 Å². The first-order valence-electron chi connectivity index (χ1n) is 6.33. The van der Waals surface area contributed by atoms with Gasteiger partial charge in [0.1, 0.15) is 11.5 Å². The number of carbonyl (C=O) groups excluding carboxylic acids is 1. The molecule has 1 N–H and O–H groups in total. The van der Waals surface area contributed by atoms with Gasteiger partial charge in [-0.15, -0.1) is 0 Å². The van der Waals surface area contributed by atoms with Gasteiger partial charge in [0.15, 0.2) is 5.11 Å². The third-order valence-corrected chi connectivity index (χ3v) is 3.36. The number of anilines is 1. The second kappa shape index (κ2) is 5.46. The minimum Gasteiger partial charge on any atom is -0.327 e. The van der Waals surface area contributed by atoms with E-state index in [1.807, 2.05) is 30.3 Å². The van der Waals surface area contributed by atoms with Crippen LogP contribution in [0.4, 0.5) is 10.1 Å². The fourth-order valence-corrected chi connectivity index (χ4v) is 2.37. The molecule has 0 atom stereocenters. The average molecular weight is 298 g/mol. The Bertz CT molecular complexity index is 726. The van der Waals surface area contributed by atoms with Gasteiger partial charge < -0.3 is 5.32 Å². The van der Waals surface area contributed by atoms with E-state index in [9.17, 15) is 9.18 Å². The lowest BCUT2D eigenvalue weighted by molar-refractivity contribution is -0.113. The molecule has 2 aromatic rings. The summed E-state index contributed by atoms with van der Waals surface area (Å²) >= 11 is 5.21. The van der Waals surface area contributed by atoms with E-state index in [1.165, 1.54) is 17.0 Å². The number of hydrogen-bond acceptors (Lipinski definition) is 2. The molecule has 0 aliphatic carbocycles. The van der Waals surface area contributed by atoms with E-state index in [0.29, 0.717) is 16.5 Å². The van der Waals surface area contributed by atoms with Crippen molar-refractivity contribution in [1.82, 2.24) is 5.32 Å². The van der Waals surface area contributed by atoms with Gasteiger partial charge in [0.2, 0.25) is 0 Å². The van der Waals surface area contributed by atoms with Gasteiger partial charge in [0, 0.05) is 0 Å². The first-order valence-corrected chi connectivity index (χ1v) is 6.74. The molecule has 1 saturated heterocycles. The minimum absolute atomic E-state index is 0.226. The number of benzene rings is 2. The molecule has 0 unspecified atom stereocenters. The maximum atomic E-state index is 12.9. The van der Waals surface area contributed by atoms with Crippen molar-refractivity contribution in [2.45, 2.75) is 0 Å². The molecule has 3 rings (SSSR count). The van der Waals surface area contributed by atoms with E-state index in [0.717, 1.165) is 5.56 Å². The highest BCUT2D eigenvalue weighted by Crippen LogP contribution is 2.22. The van der Waals surface area contributed by atoms with E-state index in [2.05, 4.69) is 5.32 Å². The summed E-state index contributed by atoms with van der Waals surface area (Å²) in [6, 6.07) is 15.1. The lowest BCUT2D eigenvalue weighted by Crippen LogP contribution is -2.30. The van der Waals surface area contributed by atoms with Crippen molar-refractivity contribution in [2.24, 2.45) is 0 Å². The van der Waals surface area contributed by atoms with Crippen molar-refractivity contribution in [3.63, 3.8) is 0 Å². The van der Waals surface area contributed by atoms with Gasteiger partial charge in [-0.05, 0) is 48.1 Å². The number of hydrogen-bond donors (Lipinski definition) is 1. The SMILES string of the molecule is O=C1/C(=C\c2ccc(F)cc2)NC(=S)N1c1ccccc1. The van der Waals surface area contributed by atoms with Gasteiger partial charge in [0.25, 0.3) is 5.91 Å². The van der Waals surface area contributed by atoms with Crippen LogP contribution >= 0.6 is 12.2 Å². The first-order chi connectivity index (χ1) is 10.1. The molecule has 1 fully saturated rings. The van der Waals surface area contributed by atoms with Gasteiger partial charge in [-0.25, -0.2) is 4.39 Å². The van der Waals surface area contributed by atoms with Crippen molar-refractivity contribution in [1.29, 1.82) is 0 Å². The summed E-state index contributed by atoms with van der Waals surface area (Å²) in [5.41, 5.74) is 1.81. The van der Waals surface area contributed by atoms with E-state index in [1.54, 1.807) is 18.2 Å². The van der Waals surface area contributed by atoms with E-state index < -0.39 is 0 Å². The molecule has 0 bridgehead atoms. The molecule has 0 spiro atoms. The molecule has 0 aromatic heterocycles. The molecular weight excluding hydrogens is 287 g/mol. The van der Waals surface area contributed by atoms with Crippen LogP contribution in [0.25, 0.3) is 6.08 Å². The molecule has 1 amide bonds. The molecular formula is C16H11FN2OS. The standard InChI is InChI=1S/C16H11FN2OS/c17-12-8-6-11(7-9-12)10-14-15(20)19(16(21)18-14)13-4-2-1-3-5-13/h1-10H,(H,18,21)/b14-10+. The van der Waals surface area contributed by atoms with Crippen LogP contribution in [0.15, 0.2) is 60.3 Å². The fraction of sp³-hybridized carbons (Fsp3) is 0. The maximum Gasteiger partial charge on any atom is 0.281 e. The quantitative estimate of drug-likeness (QED) is 0.683. The van der Waals surface area contributed by atoms with Crippen LogP contribution in [0.1, 0.15) is 5.56 Å². The molecule has 3 nitrogen and oxygen atoms in total. The zero-order valence-electron chi connectivity index (χ0n) is 10.9. The lowest BCUT2D eigenvalue weighted by atomic mass is 10.2. The number of amides is 1. The fourth-order valence-electron chi connectivity index (χ4n) is 2.07. The van der Waals surface area contributed by atoms with Crippen molar-refractivity contribution in [2.75, 3.05) is 4.90 Å². The van der Waals surface area contributed by atoms with Crippen molar-refractivity contribution >= 4 is 35.0 Å². The van der Waals surface area contributed by atoms with Crippen LogP contribution in [0.5, 0.6) is 0 Å². The highest BCUT2D eigenvalue weighted by Gasteiger charge is 2.31. The molecule has 2 aromatic carbocycles. The van der Waals surface area contributed by atoms with Crippen molar-refractivity contribution in [3.05, 3.63) is 71.7 Å². The van der Waals surface area contributed by atoms with Crippen LogP contribution in [0.2, 0.25) is 0 Å². The Morgan fingerprint density at radius 3 is 2.38 bits per heavy atom. The third kappa shape index (κ3) is 2.68. The zero-order chi connectivity index (χ0) is 14.8. The van der Waals surface area contributed by atoms with E-state index >= 15 is 0 Å². The number of halogens is 1. The smallest absolute Gasteiger partial charge is 0.281 e. The van der Waals surface area contributed by atoms with Crippen LogP contribution in [0.3, 0.4) is 0 Å². The van der Waals surface area contributed by atoms with Gasteiger partial charge in [0.05, 0.1) is 5.69 Å². The Labute approximate surface area is 126 Å². The number of para-hydroxylation sites is 1. The van der Waals surface area contributed by atoms with Crippen LogP contribution in [0, 0.1) is 5.82 Å². The van der Waals surface area contributed by atoms with E-state index in [-0.39, 0.29) is 11.7 Å². The highest BCUT2D eigenvalue weighted by atomic mass is 32.1. The normalized spacial score (nSPS) is 16.4. The topological polar surface area (TPSA) is 32.3 Å². The molecule has 1 heterocycles. The van der Waals surface area contributed by atoms with Crippen LogP contribution in [-0.2, 0) is 4.79 Å². The van der Waals surface area contributed by atoms with Crippen molar-refractivity contribution < 1.29 is 9.18 Å². The summed E-state index contributed by atoms with van der Waals surface area (Å²) in [5.74, 6) is -0.542. The largest absolute Gasteiger partial charge is 0.327 e. The lowest BCUT2D eigenvalue weighted by Gasteiger charge is -2.13. The Hall–Kier alpha value is -2.53. The molecule has 104 valence electrons. The number of nitrogens with zero attached hydrogens (tertiary/aromatic N) is 1. The van der Waals surface area contributed by atoms with Crippen LogP contribution in [-0.4, -0.2) is 11.0 Å². The second-order valence-corrected chi connectivity index (χ2v) is 4.90. The van der Waals surface area contributed by atoms with Gasteiger partial charge in [-0.1, -0.05) is 30.3 Å². The molecule has 0 saturated carbocycles. The first kappa shape index (κ1) is 13.5. The Morgan fingerprint density at radius 2 is 1.71 bits per heavy atom. The molecule has 1 aliphatic heterocycles. The van der Waals surface area contributed by atoms with Crippen LogP contribution < -0.4 is 10.2 Å². The third-order valence-electron chi connectivity index (χ3n) is 3.07. The summed E-state index contributed by atoms with van der Waals surface area (Å²) in [4.78, 5) is 13.9. The predicted molar refractivity (Wildman–Crippen MR) is 84.0 cm³/mol. The minimum atomic E-state index is -0.315. The number of nitrogens with one attached hydrogen (secondary N) is 1. The summed E-state index contributed by atoms with van der Waals surface area (Å²) in [6.45, 7) is 0. The summed E-state index contributed by atoms with van der Waals surface area (Å²) < 4.78 is 12.9. The maximum absolute atomic E-state index is 12.9. The zero-order valence-corrected chi connectivity index (χ0v) is 11.7. The summed E-state index contributed by atoms with van der Waals surface area (Å²) in [7, 11) is 0. The molecule has 5 heteroatoms. The summed E-state index contributed by atoms with van der Waals surface area (Å²) in [6.07, 6.45) is 1.65. The second-order valence-electron chi connectivity index (χ2n) is 4.52. The average Bonchev–Trinajstić information content (AvgIpc) is 2.77. The number of carbonyl (C=O) groups is 1. The molecule has 0 radical (unpaired) electrons. The van der Waals surface area contributed by atoms with Crippen molar-refractivity contribution in [3.8, 4) is 0 Å². The Kier molecular flexibility index (Phi) is 3.50. The monoisotopic (exact) mass is 298 g/mol. The summed E-state index contributed by atoms with van der Waals surface area (Å²) in [5, 5.41) is 3.22. The predicted octanol–water partition coefficient (Wildman–Crippen LogP) is 3.09. The number of rotatable bonds is 2. The Morgan fingerprint density at radius 1 is 1.05 bits per heavy atom.